The van der Waals surface area contributed by atoms with Crippen LogP contribution in [0.4, 0.5) is 22.1 Å². The van der Waals surface area contributed by atoms with Crippen molar-refractivity contribution in [2.24, 2.45) is 0 Å². The highest BCUT2D eigenvalue weighted by atomic mass is 32.1. The first kappa shape index (κ1) is 40.9. The number of aromatic nitrogens is 4. The van der Waals surface area contributed by atoms with Crippen LogP contribution in [-0.2, 0) is 15.1 Å². The molecule has 8 rings (SSSR count). The highest BCUT2D eigenvalue weighted by Crippen LogP contribution is 2.43. The van der Waals surface area contributed by atoms with Crippen molar-refractivity contribution >= 4 is 51.9 Å². The third-order valence-electron chi connectivity index (χ3n) is 10.4. The number of carbonyl (C=O) groups excluding carboxylic acids is 1. The molecule has 3 atom stereocenters. The molecule has 0 saturated carbocycles. The van der Waals surface area contributed by atoms with Gasteiger partial charge in [0.15, 0.2) is 16.3 Å². The molecule has 0 unspecified atom stereocenters. The van der Waals surface area contributed by atoms with Gasteiger partial charge in [-0.25, -0.2) is 14.7 Å². The van der Waals surface area contributed by atoms with Crippen LogP contribution in [0.3, 0.4) is 0 Å². The van der Waals surface area contributed by atoms with Crippen LogP contribution in [0.25, 0.3) is 11.2 Å². The maximum atomic E-state index is 14.1. The molecule has 0 radical (unpaired) electrons. The molecule has 2 aromatic heterocycles. The van der Waals surface area contributed by atoms with Crippen molar-refractivity contribution in [3.05, 3.63) is 163 Å². The van der Waals surface area contributed by atoms with Gasteiger partial charge in [0.25, 0.3) is 5.88 Å². The van der Waals surface area contributed by atoms with E-state index in [4.69, 9.17) is 40.9 Å². The Labute approximate surface area is 357 Å². The zero-order chi connectivity index (χ0) is 42.3. The second kappa shape index (κ2) is 18.1. The van der Waals surface area contributed by atoms with Gasteiger partial charge in [-0.3, -0.25) is 4.57 Å². The number of methoxy groups -OCH3 is 2. The summed E-state index contributed by atoms with van der Waals surface area (Å²) >= 11 is 5.38. The molecule has 61 heavy (non-hydrogen) atoms. The Morgan fingerprint density at radius 3 is 1.90 bits per heavy atom. The molecule has 14 nitrogen and oxygen atoms in total. The van der Waals surface area contributed by atoms with Crippen LogP contribution < -0.4 is 29.7 Å². The first-order valence-corrected chi connectivity index (χ1v) is 19.9. The quantitative estimate of drug-likeness (QED) is 0.0767. The van der Waals surface area contributed by atoms with E-state index in [2.05, 4.69) is 20.6 Å². The maximum absolute atomic E-state index is 14.1. The topological polar surface area (TPSA) is 154 Å². The van der Waals surface area contributed by atoms with E-state index in [0.717, 1.165) is 16.7 Å². The SMILES string of the molecule is CNC(=S)Nc1nc(OC(=O)N(c2ccccc2)c2ccccc2)c2ncn([C@H]3C[C@H](O)[C@@H](COC(c4ccccc4)(c4ccc(OC)cc4)c4ccc(OC)cc4)O3)c2n1. The molecule has 1 aliphatic rings. The fourth-order valence-corrected chi connectivity index (χ4v) is 7.44. The molecule has 5 aromatic carbocycles. The standard InChI is InChI=1S/C46H43N7O7S/c1-47-44(61)51-43-49-41-40(42(50-43)60-45(55)53(33-15-9-5-10-16-33)34-17-11-6-12-18-34)48-29-52(41)39-27-37(54)38(59-39)28-58-46(30-13-7-4-8-14-30,31-19-23-35(56-2)24-20-31)32-21-25-36(57-3)26-22-32/h4-26,29,37-39,54H,27-28H2,1-3H3,(H2,47,49,50,51,61)/t37-,38+,39+/m0/s1. The predicted octanol–water partition coefficient (Wildman–Crippen LogP) is 7.75. The largest absolute Gasteiger partial charge is 0.497 e. The zero-order valence-corrected chi connectivity index (χ0v) is 34.4. The lowest BCUT2D eigenvalue weighted by Gasteiger charge is -2.37. The summed E-state index contributed by atoms with van der Waals surface area (Å²) in [6.45, 7) is -0.00680. The number of carbonyl (C=O) groups is 1. The first-order valence-electron chi connectivity index (χ1n) is 19.5. The smallest absolute Gasteiger partial charge is 0.425 e. The van der Waals surface area contributed by atoms with Gasteiger partial charge >= 0.3 is 6.09 Å². The minimum atomic E-state index is -1.13. The predicted molar refractivity (Wildman–Crippen MR) is 234 cm³/mol. The molecular weight excluding hydrogens is 795 g/mol. The lowest BCUT2D eigenvalue weighted by atomic mass is 9.80. The van der Waals surface area contributed by atoms with Crippen LogP contribution in [-0.4, -0.2) is 75.9 Å². The molecule has 15 heteroatoms. The lowest BCUT2D eigenvalue weighted by molar-refractivity contribution is -0.0931. The lowest BCUT2D eigenvalue weighted by Crippen LogP contribution is -2.38. The van der Waals surface area contributed by atoms with Gasteiger partial charge in [-0.05, 0) is 77.4 Å². The number of imidazole rings is 1. The Kier molecular flexibility index (Phi) is 12.2. The second-order valence-corrected chi connectivity index (χ2v) is 14.4. The number of hydrogen-bond donors (Lipinski definition) is 3. The summed E-state index contributed by atoms with van der Waals surface area (Å²) < 4.78 is 32.4. The minimum absolute atomic E-state index is 0.00680. The highest BCUT2D eigenvalue weighted by molar-refractivity contribution is 7.80. The van der Waals surface area contributed by atoms with Crippen LogP contribution in [0, 0.1) is 0 Å². The number of thiocarbonyl (C=S) groups is 1. The number of aliphatic hydroxyl groups excluding tert-OH is 1. The molecule has 0 bridgehead atoms. The Hall–Kier alpha value is -6.91. The number of hydrogen-bond acceptors (Lipinski definition) is 11. The molecule has 1 fully saturated rings. The van der Waals surface area contributed by atoms with Crippen LogP contribution in [0.5, 0.6) is 17.4 Å². The second-order valence-electron chi connectivity index (χ2n) is 14.0. The normalized spacial score (nSPS) is 16.2. The summed E-state index contributed by atoms with van der Waals surface area (Å²) in [5.74, 6) is 1.33. The summed E-state index contributed by atoms with van der Waals surface area (Å²) in [6.07, 6.45) is -1.49. The van der Waals surface area contributed by atoms with Gasteiger partial charge in [0.05, 0.1) is 44.6 Å². The van der Waals surface area contributed by atoms with E-state index >= 15 is 0 Å². The number of amides is 1. The Bertz CT molecular complexity index is 2500. The van der Waals surface area contributed by atoms with Crippen LogP contribution in [0.15, 0.2) is 146 Å². The molecule has 0 aliphatic carbocycles. The van der Waals surface area contributed by atoms with E-state index in [9.17, 15) is 9.90 Å². The third-order valence-corrected chi connectivity index (χ3v) is 10.7. The number of nitrogens with zero attached hydrogens (tertiary/aromatic N) is 5. The molecule has 3 N–H and O–H groups in total. The number of anilines is 3. The number of fused-ring (bicyclic) bond motifs is 1. The fourth-order valence-electron chi connectivity index (χ4n) is 7.35. The van der Waals surface area contributed by atoms with E-state index in [1.54, 1.807) is 50.1 Å². The number of aliphatic hydroxyl groups is 1. The van der Waals surface area contributed by atoms with Crippen molar-refractivity contribution in [2.45, 2.75) is 30.5 Å². The van der Waals surface area contributed by atoms with Gasteiger partial charge in [0, 0.05) is 13.5 Å². The Morgan fingerprint density at radius 1 is 0.820 bits per heavy atom. The summed E-state index contributed by atoms with van der Waals surface area (Å²) in [5, 5.41) is 17.6. The van der Waals surface area contributed by atoms with Gasteiger partial charge < -0.3 is 39.4 Å². The van der Waals surface area contributed by atoms with Gasteiger partial charge in [0.1, 0.15) is 29.4 Å². The average molecular weight is 838 g/mol. The van der Waals surface area contributed by atoms with E-state index in [1.165, 1.54) is 11.2 Å². The van der Waals surface area contributed by atoms with Crippen LogP contribution >= 0.6 is 12.2 Å². The highest BCUT2D eigenvalue weighted by Gasteiger charge is 2.42. The van der Waals surface area contributed by atoms with Crippen molar-refractivity contribution < 1.29 is 33.6 Å². The van der Waals surface area contributed by atoms with E-state index in [1.807, 2.05) is 115 Å². The summed E-state index contributed by atoms with van der Waals surface area (Å²) in [5.41, 5.74) is 3.05. The molecule has 7 aromatic rings. The summed E-state index contributed by atoms with van der Waals surface area (Å²) in [4.78, 5) is 29.3. The van der Waals surface area contributed by atoms with Crippen LogP contribution in [0.2, 0.25) is 0 Å². The van der Waals surface area contributed by atoms with E-state index < -0.39 is 30.1 Å². The third kappa shape index (κ3) is 8.45. The van der Waals surface area contributed by atoms with Crippen molar-refractivity contribution in [1.29, 1.82) is 0 Å². The number of rotatable bonds is 13. The van der Waals surface area contributed by atoms with E-state index in [0.29, 0.717) is 22.9 Å². The van der Waals surface area contributed by atoms with Gasteiger partial charge in [0.2, 0.25) is 5.95 Å². The van der Waals surface area contributed by atoms with Crippen molar-refractivity contribution in [1.82, 2.24) is 24.8 Å². The Balaban J connectivity index is 1.12. The van der Waals surface area contributed by atoms with Gasteiger partial charge in [-0.15, -0.1) is 0 Å². The zero-order valence-electron chi connectivity index (χ0n) is 33.5. The number of ether oxygens (including phenoxy) is 5. The molecule has 3 heterocycles. The molecule has 1 aliphatic heterocycles. The van der Waals surface area contributed by atoms with Crippen molar-refractivity contribution in [3.63, 3.8) is 0 Å². The summed E-state index contributed by atoms with van der Waals surface area (Å²) in [6, 6.07) is 43.6. The molecule has 1 amide bonds. The number of para-hydroxylation sites is 2. The van der Waals surface area contributed by atoms with Crippen LogP contribution in [0.1, 0.15) is 29.3 Å². The van der Waals surface area contributed by atoms with Crippen molar-refractivity contribution in [2.75, 3.05) is 38.1 Å². The Morgan fingerprint density at radius 2 is 1.36 bits per heavy atom. The molecule has 0 spiro atoms. The average Bonchev–Trinajstić information content (AvgIpc) is 3.91. The minimum Gasteiger partial charge on any atom is -0.497 e. The molecule has 310 valence electrons. The molecular formula is C46H43N7O7S. The monoisotopic (exact) mass is 837 g/mol. The number of benzene rings is 5. The fraction of sp³-hybridized carbons (Fsp3) is 0.196. The van der Waals surface area contributed by atoms with E-state index in [-0.39, 0.29) is 41.1 Å². The maximum Gasteiger partial charge on any atom is 0.425 e. The van der Waals surface area contributed by atoms with Gasteiger partial charge in [-0.1, -0.05) is 91.0 Å². The first-order chi connectivity index (χ1) is 29.8. The summed E-state index contributed by atoms with van der Waals surface area (Å²) in [7, 11) is 4.90. The number of nitrogens with one attached hydrogen (secondary N) is 2. The van der Waals surface area contributed by atoms with Gasteiger partial charge in [-0.2, -0.15) is 9.97 Å². The molecule has 1 saturated heterocycles. The van der Waals surface area contributed by atoms with Crippen molar-refractivity contribution in [3.8, 4) is 17.4 Å².